The first kappa shape index (κ1) is 11.1. The van der Waals surface area contributed by atoms with Crippen LogP contribution in [0.1, 0.15) is 24.2 Å². The molecule has 1 aromatic rings. The highest BCUT2D eigenvalue weighted by Gasteiger charge is 2.27. The molecule has 1 fully saturated rings. The molecule has 16 heavy (non-hydrogen) atoms. The minimum Gasteiger partial charge on any atom is -0.490 e. The Morgan fingerprint density at radius 3 is 2.62 bits per heavy atom. The summed E-state index contributed by atoms with van der Waals surface area (Å²) in [5.41, 5.74) is 0.711. The molecule has 0 saturated carbocycles. The quantitative estimate of drug-likeness (QED) is 0.786. The van der Waals surface area contributed by atoms with Crippen molar-refractivity contribution in [3.63, 3.8) is 0 Å². The molecule has 2 rings (SSSR count). The summed E-state index contributed by atoms with van der Waals surface area (Å²) in [7, 11) is 0. The number of carbonyl (C=O) groups excluding carboxylic acids is 1. The third-order valence-corrected chi connectivity index (χ3v) is 2.67. The Hall–Kier alpha value is -1.35. The summed E-state index contributed by atoms with van der Waals surface area (Å²) in [5.74, 6) is 1.02. The lowest BCUT2D eigenvalue weighted by molar-refractivity contribution is 0.0872. The Labute approximate surface area is 95.8 Å². The van der Waals surface area contributed by atoms with Crippen LogP contribution in [0.4, 0.5) is 0 Å². The van der Waals surface area contributed by atoms with Crippen LogP contribution in [0.5, 0.6) is 5.75 Å². The van der Waals surface area contributed by atoms with Crippen molar-refractivity contribution < 1.29 is 9.53 Å². The van der Waals surface area contributed by atoms with E-state index in [0.29, 0.717) is 11.3 Å². The molecule has 0 aliphatic carbocycles. The first-order valence-corrected chi connectivity index (χ1v) is 5.69. The second-order valence-electron chi connectivity index (χ2n) is 4.38. The van der Waals surface area contributed by atoms with Gasteiger partial charge in [-0.1, -0.05) is 12.1 Å². The number of Topliss-reactive ketones (excluding diaryl/α,β-unsaturated/α-hetero) is 1. The fourth-order valence-corrected chi connectivity index (χ4v) is 1.72. The minimum absolute atomic E-state index is 0.0912. The van der Waals surface area contributed by atoms with Gasteiger partial charge in [0, 0.05) is 19.0 Å². The van der Waals surface area contributed by atoms with E-state index in [-0.39, 0.29) is 17.8 Å². The van der Waals surface area contributed by atoms with Crippen LogP contribution in [-0.4, -0.2) is 25.0 Å². The van der Waals surface area contributed by atoms with Gasteiger partial charge in [-0.05, 0) is 26.0 Å². The smallest absolute Gasteiger partial charge is 0.172 e. The van der Waals surface area contributed by atoms with Crippen molar-refractivity contribution in [2.45, 2.75) is 20.0 Å². The number of hydrogen-bond donors (Lipinski definition) is 1. The lowest BCUT2D eigenvalue weighted by Crippen LogP contribution is -2.46. The molecule has 1 aliphatic rings. The largest absolute Gasteiger partial charge is 0.490 e. The predicted octanol–water partition coefficient (Wildman–Crippen LogP) is 1.88. The van der Waals surface area contributed by atoms with Gasteiger partial charge < -0.3 is 10.1 Å². The molecule has 1 N–H and O–H groups in total. The molecule has 3 nitrogen and oxygen atoms in total. The fourth-order valence-electron chi connectivity index (χ4n) is 1.72. The Balaban J connectivity index is 2.21. The van der Waals surface area contributed by atoms with Crippen molar-refractivity contribution in [1.29, 1.82) is 0 Å². The predicted molar refractivity (Wildman–Crippen MR) is 62.9 cm³/mol. The average molecular weight is 219 g/mol. The van der Waals surface area contributed by atoms with E-state index in [2.05, 4.69) is 5.32 Å². The number of carbonyl (C=O) groups is 1. The summed E-state index contributed by atoms with van der Waals surface area (Å²) in [6.07, 6.45) is 0.0912. The Morgan fingerprint density at radius 1 is 1.38 bits per heavy atom. The standard InChI is InChI=1S/C13H17NO2/c1-9(2)16-12-6-4-3-5-11(12)13(15)10-7-14-8-10/h3-6,9-10,14H,7-8H2,1-2H3. The summed E-state index contributed by atoms with van der Waals surface area (Å²) in [4.78, 5) is 12.1. The van der Waals surface area contributed by atoms with Gasteiger partial charge in [0.2, 0.25) is 0 Å². The third kappa shape index (κ3) is 2.25. The van der Waals surface area contributed by atoms with Crippen molar-refractivity contribution in [2.75, 3.05) is 13.1 Å². The van der Waals surface area contributed by atoms with Crippen LogP contribution in [-0.2, 0) is 0 Å². The highest BCUT2D eigenvalue weighted by atomic mass is 16.5. The average Bonchev–Trinajstić information content (AvgIpc) is 2.14. The second-order valence-corrected chi connectivity index (χ2v) is 4.38. The summed E-state index contributed by atoms with van der Waals surface area (Å²) in [5, 5.41) is 3.11. The van der Waals surface area contributed by atoms with Gasteiger partial charge in [0.1, 0.15) is 5.75 Å². The molecule has 0 bridgehead atoms. The molecule has 1 saturated heterocycles. The Kier molecular flexibility index (Phi) is 3.25. The topological polar surface area (TPSA) is 38.3 Å². The summed E-state index contributed by atoms with van der Waals surface area (Å²) < 4.78 is 5.64. The molecule has 0 aromatic heterocycles. The monoisotopic (exact) mass is 219 g/mol. The molecule has 86 valence electrons. The van der Waals surface area contributed by atoms with Crippen molar-refractivity contribution in [1.82, 2.24) is 5.32 Å². The van der Waals surface area contributed by atoms with Crippen molar-refractivity contribution in [2.24, 2.45) is 5.92 Å². The SMILES string of the molecule is CC(C)Oc1ccccc1C(=O)C1CNC1. The summed E-state index contributed by atoms with van der Waals surface area (Å²) in [6, 6.07) is 7.48. The molecule has 3 heteroatoms. The van der Waals surface area contributed by atoms with Gasteiger partial charge in [-0.25, -0.2) is 0 Å². The summed E-state index contributed by atoms with van der Waals surface area (Å²) in [6.45, 7) is 5.50. The van der Waals surface area contributed by atoms with E-state index in [9.17, 15) is 4.79 Å². The maximum atomic E-state index is 12.1. The van der Waals surface area contributed by atoms with Gasteiger partial charge in [-0.3, -0.25) is 4.79 Å². The maximum absolute atomic E-state index is 12.1. The van der Waals surface area contributed by atoms with Gasteiger partial charge in [-0.2, -0.15) is 0 Å². The van der Waals surface area contributed by atoms with Crippen molar-refractivity contribution in [3.8, 4) is 5.75 Å². The second kappa shape index (κ2) is 4.66. The van der Waals surface area contributed by atoms with E-state index < -0.39 is 0 Å². The van der Waals surface area contributed by atoms with Gasteiger partial charge in [0.05, 0.1) is 11.7 Å². The number of ether oxygens (including phenoxy) is 1. The molecule has 0 spiro atoms. The third-order valence-electron chi connectivity index (χ3n) is 2.67. The highest BCUT2D eigenvalue weighted by Crippen LogP contribution is 2.23. The maximum Gasteiger partial charge on any atom is 0.172 e. The van der Waals surface area contributed by atoms with Crippen LogP contribution in [0.2, 0.25) is 0 Å². The Morgan fingerprint density at radius 2 is 2.06 bits per heavy atom. The Bertz CT molecular complexity index is 383. The molecule has 0 atom stereocenters. The number of rotatable bonds is 4. The van der Waals surface area contributed by atoms with Gasteiger partial charge in [0.25, 0.3) is 0 Å². The number of para-hydroxylation sites is 1. The minimum atomic E-state index is 0.0912. The van der Waals surface area contributed by atoms with Gasteiger partial charge in [0.15, 0.2) is 5.78 Å². The van der Waals surface area contributed by atoms with E-state index >= 15 is 0 Å². The molecular weight excluding hydrogens is 202 g/mol. The van der Waals surface area contributed by atoms with Gasteiger partial charge in [-0.15, -0.1) is 0 Å². The zero-order valence-electron chi connectivity index (χ0n) is 9.69. The first-order valence-electron chi connectivity index (χ1n) is 5.69. The molecule has 0 unspecified atom stereocenters. The molecule has 1 aromatic carbocycles. The van der Waals surface area contributed by atoms with Crippen LogP contribution >= 0.6 is 0 Å². The van der Waals surface area contributed by atoms with Crippen LogP contribution in [0.25, 0.3) is 0 Å². The zero-order valence-corrected chi connectivity index (χ0v) is 9.69. The lowest BCUT2D eigenvalue weighted by Gasteiger charge is -2.26. The van der Waals surface area contributed by atoms with E-state index in [1.165, 1.54) is 0 Å². The molecule has 0 radical (unpaired) electrons. The molecule has 0 amide bonds. The number of benzene rings is 1. The van der Waals surface area contributed by atoms with Crippen LogP contribution < -0.4 is 10.1 Å². The van der Waals surface area contributed by atoms with Crippen LogP contribution in [0, 0.1) is 5.92 Å². The van der Waals surface area contributed by atoms with Gasteiger partial charge >= 0.3 is 0 Å². The fraction of sp³-hybridized carbons (Fsp3) is 0.462. The number of nitrogens with one attached hydrogen (secondary N) is 1. The number of hydrogen-bond acceptors (Lipinski definition) is 3. The van der Waals surface area contributed by atoms with E-state index in [0.717, 1.165) is 13.1 Å². The highest BCUT2D eigenvalue weighted by molar-refractivity contribution is 6.01. The van der Waals surface area contributed by atoms with E-state index in [1.807, 2.05) is 38.1 Å². The van der Waals surface area contributed by atoms with Crippen molar-refractivity contribution in [3.05, 3.63) is 29.8 Å². The lowest BCUT2D eigenvalue weighted by atomic mass is 9.92. The van der Waals surface area contributed by atoms with E-state index in [1.54, 1.807) is 0 Å². The van der Waals surface area contributed by atoms with Crippen LogP contribution in [0.15, 0.2) is 24.3 Å². The number of ketones is 1. The zero-order chi connectivity index (χ0) is 11.5. The normalized spacial score (nSPS) is 15.9. The first-order chi connectivity index (χ1) is 7.68. The summed E-state index contributed by atoms with van der Waals surface area (Å²) >= 11 is 0. The van der Waals surface area contributed by atoms with Crippen LogP contribution in [0.3, 0.4) is 0 Å². The molecular formula is C13H17NO2. The van der Waals surface area contributed by atoms with Crippen molar-refractivity contribution >= 4 is 5.78 Å². The molecule has 1 heterocycles. The van der Waals surface area contributed by atoms with E-state index in [4.69, 9.17) is 4.74 Å². The molecule has 1 aliphatic heterocycles.